The lowest BCUT2D eigenvalue weighted by Gasteiger charge is -2.02. The standard InChI is InChI=1S/C15H14N4O2S2/c1-9-13(23-10(2)16-9)14-18-19-15(21-14)22-8-12(20)17-11-6-4-3-5-7-11/h3-7H,8H2,1-2H3,(H,17,20). The second kappa shape index (κ2) is 6.93. The molecule has 0 atom stereocenters. The molecule has 2 heterocycles. The van der Waals surface area contributed by atoms with E-state index in [1.807, 2.05) is 44.2 Å². The van der Waals surface area contributed by atoms with Crippen LogP contribution in [0.2, 0.25) is 0 Å². The molecule has 0 aliphatic heterocycles. The minimum Gasteiger partial charge on any atom is -0.410 e. The lowest BCUT2D eigenvalue weighted by Crippen LogP contribution is -2.13. The van der Waals surface area contributed by atoms with E-state index in [0.29, 0.717) is 11.1 Å². The summed E-state index contributed by atoms with van der Waals surface area (Å²) in [4.78, 5) is 17.1. The zero-order valence-corrected chi connectivity index (χ0v) is 14.2. The number of hydrogen-bond acceptors (Lipinski definition) is 7. The normalized spacial score (nSPS) is 10.7. The Bertz CT molecular complexity index is 814. The molecule has 1 amide bonds. The first-order chi connectivity index (χ1) is 11.1. The van der Waals surface area contributed by atoms with E-state index in [-0.39, 0.29) is 11.7 Å². The summed E-state index contributed by atoms with van der Waals surface area (Å²) in [5.74, 6) is 0.530. The van der Waals surface area contributed by atoms with Crippen LogP contribution >= 0.6 is 23.1 Å². The number of thiazole rings is 1. The van der Waals surface area contributed by atoms with Crippen molar-refractivity contribution in [1.82, 2.24) is 15.2 Å². The van der Waals surface area contributed by atoms with Crippen molar-refractivity contribution in [2.75, 3.05) is 11.1 Å². The molecule has 0 radical (unpaired) electrons. The molecule has 0 saturated carbocycles. The van der Waals surface area contributed by atoms with Crippen molar-refractivity contribution in [2.24, 2.45) is 0 Å². The molecule has 2 aromatic heterocycles. The lowest BCUT2D eigenvalue weighted by molar-refractivity contribution is -0.113. The van der Waals surface area contributed by atoms with Crippen LogP contribution < -0.4 is 5.32 Å². The van der Waals surface area contributed by atoms with Gasteiger partial charge in [0.25, 0.3) is 11.1 Å². The van der Waals surface area contributed by atoms with Crippen molar-refractivity contribution in [3.05, 3.63) is 41.0 Å². The van der Waals surface area contributed by atoms with Gasteiger partial charge in [-0.3, -0.25) is 4.79 Å². The Hall–Kier alpha value is -2.19. The SMILES string of the molecule is Cc1nc(C)c(-c2nnc(SCC(=O)Nc3ccccc3)o2)s1. The molecule has 8 heteroatoms. The fourth-order valence-corrected chi connectivity index (χ4v) is 3.34. The van der Waals surface area contributed by atoms with E-state index in [1.54, 1.807) is 0 Å². The highest BCUT2D eigenvalue weighted by Gasteiger charge is 2.15. The summed E-state index contributed by atoms with van der Waals surface area (Å²) in [6.07, 6.45) is 0. The maximum Gasteiger partial charge on any atom is 0.277 e. The third-order valence-electron chi connectivity index (χ3n) is 2.89. The molecule has 0 unspecified atom stereocenters. The van der Waals surface area contributed by atoms with Crippen molar-refractivity contribution < 1.29 is 9.21 Å². The zero-order valence-electron chi connectivity index (χ0n) is 12.6. The first-order valence-corrected chi connectivity index (χ1v) is 8.67. The lowest BCUT2D eigenvalue weighted by atomic mass is 10.3. The first kappa shape index (κ1) is 15.7. The molecule has 0 fully saturated rings. The van der Waals surface area contributed by atoms with E-state index in [9.17, 15) is 4.79 Å². The summed E-state index contributed by atoms with van der Waals surface area (Å²) in [5, 5.41) is 12.1. The summed E-state index contributed by atoms with van der Waals surface area (Å²) < 4.78 is 5.60. The van der Waals surface area contributed by atoms with E-state index in [1.165, 1.54) is 23.1 Å². The molecule has 0 saturated heterocycles. The van der Waals surface area contributed by atoms with Gasteiger partial charge in [-0.15, -0.1) is 21.5 Å². The van der Waals surface area contributed by atoms with Gasteiger partial charge in [-0.1, -0.05) is 30.0 Å². The van der Waals surface area contributed by atoms with Gasteiger partial charge in [0, 0.05) is 5.69 Å². The van der Waals surface area contributed by atoms with Crippen LogP contribution in [0.1, 0.15) is 10.7 Å². The fraction of sp³-hybridized carbons (Fsp3) is 0.200. The second-order valence-corrected chi connectivity index (χ2v) is 6.85. The number of rotatable bonds is 5. The third kappa shape index (κ3) is 3.96. The van der Waals surface area contributed by atoms with Gasteiger partial charge in [0.1, 0.15) is 4.88 Å². The van der Waals surface area contributed by atoms with Gasteiger partial charge in [-0.25, -0.2) is 4.98 Å². The monoisotopic (exact) mass is 346 g/mol. The smallest absolute Gasteiger partial charge is 0.277 e. The minimum absolute atomic E-state index is 0.120. The Labute approximate surface area is 141 Å². The molecule has 118 valence electrons. The van der Waals surface area contributed by atoms with E-state index in [4.69, 9.17) is 4.42 Å². The summed E-state index contributed by atoms with van der Waals surface area (Å²) >= 11 is 2.72. The van der Waals surface area contributed by atoms with Crippen LogP contribution in [0.5, 0.6) is 0 Å². The molecule has 0 aliphatic rings. The Morgan fingerprint density at radius 2 is 2.04 bits per heavy atom. The second-order valence-electron chi connectivity index (χ2n) is 4.72. The molecule has 3 aromatic rings. The average Bonchev–Trinajstić information content (AvgIpc) is 3.12. The number of aryl methyl sites for hydroxylation is 2. The van der Waals surface area contributed by atoms with Crippen LogP contribution in [-0.4, -0.2) is 26.8 Å². The van der Waals surface area contributed by atoms with E-state index in [0.717, 1.165) is 21.3 Å². The molecule has 1 N–H and O–H groups in total. The maximum atomic E-state index is 11.9. The molecule has 0 spiro atoms. The van der Waals surface area contributed by atoms with Crippen LogP contribution in [-0.2, 0) is 4.79 Å². The van der Waals surface area contributed by atoms with Crippen molar-refractivity contribution in [3.8, 4) is 10.8 Å². The van der Waals surface area contributed by atoms with Gasteiger partial charge in [-0.2, -0.15) is 0 Å². The Balaban J connectivity index is 1.59. The molecule has 0 bridgehead atoms. The number of amides is 1. The van der Waals surface area contributed by atoms with Gasteiger partial charge in [0.15, 0.2) is 0 Å². The summed E-state index contributed by atoms with van der Waals surface area (Å²) in [6.45, 7) is 3.84. The van der Waals surface area contributed by atoms with Crippen molar-refractivity contribution in [3.63, 3.8) is 0 Å². The Kier molecular flexibility index (Phi) is 4.73. The number of benzene rings is 1. The van der Waals surface area contributed by atoms with Crippen LogP contribution in [0, 0.1) is 13.8 Å². The summed E-state index contributed by atoms with van der Waals surface area (Å²) in [6, 6.07) is 9.30. The third-order valence-corrected chi connectivity index (χ3v) is 4.77. The highest BCUT2D eigenvalue weighted by atomic mass is 32.2. The van der Waals surface area contributed by atoms with Gasteiger partial charge >= 0.3 is 0 Å². The van der Waals surface area contributed by atoms with Gasteiger partial charge in [0.05, 0.1) is 16.5 Å². The minimum atomic E-state index is -0.120. The quantitative estimate of drug-likeness (QED) is 0.712. The first-order valence-electron chi connectivity index (χ1n) is 6.87. The van der Waals surface area contributed by atoms with Gasteiger partial charge < -0.3 is 9.73 Å². The van der Waals surface area contributed by atoms with E-state index >= 15 is 0 Å². The zero-order chi connectivity index (χ0) is 16.2. The van der Waals surface area contributed by atoms with Crippen molar-refractivity contribution in [1.29, 1.82) is 0 Å². The van der Waals surface area contributed by atoms with Gasteiger partial charge in [-0.05, 0) is 26.0 Å². The number of para-hydroxylation sites is 1. The number of carbonyl (C=O) groups excluding carboxylic acids is 1. The molecule has 1 aromatic carbocycles. The summed E-state index contributed by atoms with van der Waals surface area (Å²) in [7, 11) is 0. The molecular formula is C15H14N4O2S2. The molecule has 3 rings (SSSR count). The number of hydrogen-bond donors (Lipinski definition) is 1. The molecule has 23 heavy (non-hydrogen) atoms. The van der Waals surface area contributed by atoms with Gasteiger partial charge in [0.2, 0.25) is 5.91 Å². The highest BCUT2D eigenvalue weighted by Crippen LogP contribution is 2.30. The predicted octanol–water partition coefficient (Wildman–Crippen LogP) is 3.54. The van der Waals surface area contributed by atoms with E-state index in [2.05, 4.69) is 20.5 Å². The fourth-order valence-electron chi connectivity index (χ4n) is 1.94. The molecule has 0 aliphatic carbocycles. The van der Waals surface area contributed by atoms with Crippen LogP contribution in [0.15, 0.2) is 40.0 Å². The van der Waals surface area contributed by atoms with E-state index < -0.39 is 0 Å². The topological polar surface area (TPSA) is 80.9 Å². The van der Waals surface area contributed by atoms with Crippen molar-refractivity contribution >= 4 is 34.7 Å². The highest BCUT2D eigenvalue weighted by molar-refractivity contribution is 7.99. The largest absolute Gasteiger partial charge is 0.410 e. The molecular weight excluding hydrogens is 332 g/mol. The number of nitrogens with one attached hydrogen (secondary N) is 1. The van der Waals surface area contributed by atoms with Crippen molar-refractivity contribution in [2.45, 2.75) is 19.1 Å². The predicted molar refractivity (Wildman–Crippen MR) is 90.7 cm³/mol. The number of carbonyl (C=O) groups is 1. The van der Waals surface area contributed by atoms with Crippen LogP contribution in [0.3, 0.4) is 0 Å². The number of thioether (sulfide) groups is 1. The number of aromatic nitrogens is 3. The number of anilines is 1. The van der Waals surface area contributed by atoms with Crippen LogP contribution in [0.25, 0.3) is 10.8 Å². The molecule has 6 nitrogen and oxygen atoms in total. The Morgan fingerprint density at radius 1 is 1.26 bits per heavy atom. The maximum absolute atomic E-state index is 11.9. The average molecular weight is 346 g/mol. The van der Waals surface area contributed by atoms with Crippen LogP contribution in [0.4, 0.5) is 5.69 Å². The Morgan fingerprint density at radius 3 is 2.74 bits per heavy atom. The number of nitrogens with zero attached hydrogens (tertiary/aromatic N) is 3. The summed E-state index contributed by atoms with van der Waals surface area (Å²) in [5.41, 5.74) is 1.63.